The Labute approximate surface area is 105 Å². The molecule has 1 saturated heterocycles. The van der Waals surface area contributed by atoms with E-state index >= 15 is 0 Å². The van der Waals surface area contributed by atoms with Crippen molar-refractivity contribution >= 4 is 19.5 Å². The van der Waals surface area contributed by atoms with Gasteiger partial charge in [0.15, 0.2) is 0 Å². The smallest absolute Gasteiger partial charge is 0.402 e. The molecule has 2 rings (SSSR count). The lowest BCUT2D eigenvalue weighted by atomic mass is 9.64. The van der Waals surface area contributed by atoms with E-state index in [1.165, 1.54) is 19.3 Å². The predicted molar refractivity (Wildman–Crippen MR) is 68.6 cm³/mol. The topological polar surface area (TPSA) is 44.5 Å². The maximum atomic E-state index is 6.18. The van der Waals surface area contributed by atoms with E-state index in [-0.39, 0.29) is 36.7 Å². The standard InChI is InChI=1S/C11H22BNO2.ClH/c1-10(2)11(3,4)15-12(14-10)9(13)8-6-5-7-8;/h8-9H,5-7,13H2,1-4H3;1H. The van der Waals surface area contributed by atoms with Gasteiger partial charge in [-0.25, -0.2) is 0 Å². The van der Waals surface area contributed by atoms with E-state index in [1.54, 1.807) is 0 Å². The number of nitrogens with two attached hydrogens (primary N) is 1. The average Bonchev–Trinajstić information content (AvgIpc) is 2.17. The summed E-state index contributed by atoms with van der Waals surface area (Å²) < 4.78 is 11.9. The summed E-state index contributed by atoms with van der Waals surface area (Å²) in [6, 6.07) is 0. The van der Waals surface area contributed by atoms with Crippen molar-refractivity contribution in [1.82, 2.24) is 0 Å². The Bertz CT molecular complexity index is 240. The average molecular weight is 248 g/mol. The van der Waals surface area contributed by atoms with Gasteiger partial charge < -0.3 is 15.0 Å². The minimum absolute atomic E-state index is 0. The number of rotatable bonds is 2. The third-order valence-corrected chi connectivity index (χ3v) is 4.28. The second-order valence-corrected chi connectivity index (χ2v) is 5.89. The monoisotopic (exact) mass is 247 g/mol. The zero-order valence-electron chi connectivity index (χ0n) is 10.7. The summed E-state index contributed by atoms with van der Waals surface area (Å²) >= 11 is 0. The molecular formula is C11H23BClNO2. The Balaban J connectivity index is 0.00000128. The molecule has 1 saturated carbocycles. The Morgan fingerprint density at radius 3 is 1.88 bits per heavy atom. The number of hydrogen-bond donors (Lipinski definition) is 1. The minimum Gasteiger partial charge on any atom is -0.402 e. The molecule has 1 aliphatic heterocycles. The van der Waals surface area contributed by atoms with Gasteiger partial charge in [0, 0.05) is 5.94 Å². The molecule has 2 aliphatic rings. The third-order valence-electron chi connectivity index (χ3n) is 4.28. The van der Waals surface area contributed by atoms with E-state index in [4.69, 9.17) is 15.0 Å². The van der Waals surface area contributed by atoms with Crippen LogP contribution in [0.1, 0.15) is 47.0 Å². The van der Waals surface area contributed by atoms with E-state index < -0.39 is 0 Å². The molecule has 5 heteroatoms. The number of hydrogen-bond acceptors (Lipinski definition) is 3. The second kappa shape index (κ2) is 4.49. The van der Waals surface area contributed by atoms with Crippen molar-refractivity contribution in [2.45, 2.75) is 64.1 Å². The van der Waals surface area contributed by atoms with E-state index in [9.17, 15) is 0 Å². The lowest BCUT2D eigenvalue weighted by Gasteiger charge is -2.32. The normalized spacial score (nSPS) is 29.4. The van der Waals surface area contributed by atoms with Gasteiger partial charge in [-0.1, -0.05) is 6.42 Å². The van der Waals surface area contributed by atoms with Gasteiger partial charge in [0.1, 0.15) is 0 Å². The highest BCUT2D eigenvalue weighted by Crippen LogP contribution is 2.40. The third kappa shape index (κ3) is 2.26. The van der Waals surface area contributed by atoms with Crippen LogP contribution in [0.15, 0.2) is 0 Å². The van der Waals surface area contributed by atoms with Gasteiger partial charge in [-0.05, 0) is 46.5 Å². The highest BCUT2D eigenvalue weighted by Gasteiger charge is 2.54. The van der Waals surface area contributed by atoms with Crippen molar-refractivity contribution in [3.8, 4) is 0 Å². The van der Waals surface area contributed by atoms with Crippen LogP contribution in [0.2, 0.25) is 0 Å². The summed E-state index contributed by atoms with van der Waals surface area (Å²) in [6.45, 7) is 8.28. The molecule has 0 bridgehead atoms. The molecule has 0 amide bonds. The molecule has 0 aromatic heterocycles. The molecule has 1 aliphatic carbocycles. The zero-order chi connectivity index (χ0) is 11.3. The maximum absolute atomic E-state index is 6.18. The Morgan fingerprint density at radius 2 is 1.56 bits per heavy atom. The fraction of sp³-hybridized carbons (Fsp3) is 1.00. The fourth-order valence-electron chi connectivity index (χ4n) is 2.09. The van der Waals surface area contributed by atoms with Crippen LogP contribution in [0.5, 0.6) is 0 Å². The largest absolute Gasteiger partial charge is 0.476 e. The molecule has 2 fully saturated rings. The molecule has 1 atom stereocenters. The first-order valence-electron chi connectivity index (χ1n) is 5.95. The lowest BCUT2D eigenvalue weighted by molar-refractivity contribution is 0.00578. The van der Waals surface area contributed by atoms with Crippen LogP contribution in [-0.2, 0) is 9.31 Å². The first-order chi connectivity index (χ1) is 6.83. The molecule has 0 spiro atoms. The summed E-state index contributed by atoms with van der Waals surface area (Å²) in [7, 11) is -0.222. The summed E-state index contributed by atoms with van der Waals surface area (Å²) in [5.74, 6) is 0.638. The van der Waals surface area contributed by atoms with Gasteiger partial charge in [0.25, 0.3) is 0 Å². The highest BCUT2D eigenvalue weighted by molar-refractivity contribution is 6.47. The van der Waals surface area contributed by atoms with Crippen LogP contribution < -0.4 is 5.73 Å². The van der Waals surface area contributed by atoms with Crippen LogP contribution in [0.25, 0.3) is 0 Å². The molecule has 1 unspecified atom stereocenters. The van der Waals surface area contributed by atoms with E-state index in [2.05, 4.69) is 27.7 Å². The van der Waals surface area contributed by atoms with Gasteiger partial charge in [0.05, 0.1) is 11.2 Å². The van der Waals surface area contributed by atoms with Crippen LogP contribution in [0.3, 0.4) is 0 Å². The van der Waals surface area contributed by atoms with E-state index in [0.29, 0.717) is 5.92 Å². The van der Waals surface area contributed by atoms with Gasteiger partial charge in [-0.3, -0.25) is 0 Å². The summed E-state index contributed by atoms with van der Waals surface area (Å²) in [4.78, 5) is 0. The van der Waals surface area contributed by atoms with E-state index in [1.807, 2.05) is 0 Å². The fourth-order valence-corrected chi connectivity index (χ4v) is 2.09. The van der Waals surface area contributed by atoms with Crippen molar-refractivity contribution in [1.29, 1.82) is 0 Å². The first-order valence-corrected chi connectivity index (χ1v) is 5.95. The highest BCUT2D eigenvalue weighted by atomic mass is 35.5. The number of halogens is 1. The van der Waals surface area contributed by atoms with Gasteiger partial charge in [0.2, 0.25) is 0 Å². The quantitative estimate of drug-likeness (QED) is 0.761. The van der Waals surface area contributed by atoms with Crippen LogP contribution in [0.4, 0.5) is 0 Å². The van der Waals surface area contributed by atoms with Crippen molar-refractivity contribution in [2.75, 3.05) is 0 Å². The predicted octanol–water partition coefficient (Wildman–Crippen LogP) is 2.17. The van der Waals surface area contributed by atoms with Crippen LogP contribution in [-0.4, -0.2) is 24.3 Å². The SMILES string of the molecule is CC1(C)OB(C(N)C2CCC2)OC1(C)C.Cl. The molecule has 0 radical (unpaired) electrons. The van der Waals surface area contributed by atoms with Crippen molar-refractivity contribution in [2.24, 2.45) is 11.7 Å². The summed E-state index contributed by atoms with van der Waals surface area (Å²) in [5.41, 5.74) is 5.67. The van der Waals surface area contributed by atoms with Crippen LogP contribution in [0, 0.1) is 5.92 Å². The molecule has 16 heavy (non-hydrogen) atoms. The van der Waals surface area contributed by atoms with Gasteiger partial charge in [-0.15, -0.1) is 12.4 Å². The van der Waals surface area contributed by atoms with Crippen molar-refractivity contribution in [3.63, 3.8) is 0 Å². The molecule has 1 heterocycles. The van der Waals surface area contributed by atoms with Gasteiger partial charge >= 0.3 is 7.12 Å². The molecule has 94 valence electrons. The first kappa shape index (κ1) is 14.3. The van der Waals surface area contributed by atoms with Gasteiger partial charge in [-0.2, -0.15) is 0 Å². The van der Waals surface area contributed by atoms with Crippen molar-refractivity contribution in [3.05, 3.63) is 0 Å². The summed E-state index contributed by atoms with van der Waals surface area (Å²) in [5, 5.41) is 0. The molecule has 3 nitrogen and oxygen atoms in total. The lowest BCUT2D eigenvalue weighted by Crippen LogP contribution is -2.49. The Kier molecular flexibility index (Phi) is 4.01. The van der Waals surface area contributed by atoms with E-state index in [0.717, 1.165) is 0 Å². The molecule has 0 aromatic rings. The molecule has 0 aromatic carbocycles. The molecule has 2 N–H and O–H groups in total. The second-order valence-electron chi connectivity index (χ2n) is 5.89. The Morgan fingerprint density at radius 1 is 1.12 bits per heavy atom. The zero-order valence-corrected chi connectivity index (χ0v) is 11.5. The summed E-state index contributed by atoms with van der Waals surface area (Å²) in [6.07, 6.45) is 3.76. The molecular weight excluding hydrogens is 224 g/mol. The maximum Gasteiger partial charge on any atom is 0.476 e. The minimum atomic E-state index is -0.251. The Hall–Kier alpha value is 0.235. The van der Waals surface area contributed by atoms with Crippen LogP contribution >= 0.6 is 12.4 Å². The van der Waals surface area contributed by atoms with Crippen molar-refractivity contribution < 1.29 is 9.31 Å².